The Labute approximate surface area is 141 Å². The molecule has 2 aromatic rings. The third-order valence-electron chi connectivity index (χ3n) is 4.08. The van der Waals surface area contributed by atoms with Crippen molar-refractivity contribution >= 4 is 29.1 Å². The number of pyridine rings is 1. The van der Waals surface area contributed by atoms with E-state index in [-0.39, 0.29) is 11.9 Å². The molecule has 1 aliphatic heterocycles. The second kappa shape index (κ2) is 6.96. The van der Waals surface area contributed by atoms with Gasteiger partial charge in [0.15, 0.2) is 0 Å². The second-order valence-corrected chi connectivity index (χ2v) is 6.86. The fourth-order valence-electron chi connectivity index (χ4n) is 2.90. The van der Waals surface area contributed by atoms with Crippen molar-refractivity contribution in [3.63, 3.8) is 0 Å². The van der Waals surface area contributed by atoms with Gasteiger partial charge in [0.25, 0.3) is 0 Å². The Balaban J connectivity index is 1.77. The Hall–Kier alpha value is -2.14. The Morgan fingerprint density at radius 2 is 2.30 bits per heavy atom. The zero-order valence-electron chi connectivity index (χ0n) is 13.5. The lowest BCUT2D eigenvalue weighted by Crippen LogP contribution is -2.29. The lowest BCUT2D eigenvalue weighted by atomic mass is 10.1. The molecule has 5 heteroatoms. The highest BCUT2D eigenvalue weighted by Crippen LogP contribution is 2.33. The number of aromatic nitrogens is 1. The molecular weight excluding hydrogens is 306 g/mol. The molecule has 0 radical (unpaired) electrons. The van der Waals surface area contributed by atoms with Crippen molar-refractivity contribution in [2.24, 2.45) is 0 Å². The van der Waals surface area contributed by atoms with E-state index in [4.69, 9.17) is 0 Å². The molecule has 1 fully saturated rings. The highest BCUT2D eigenvalue weighted by Gasteiger charge is 2.29. The fraction of sp³-hybridized carbons (Fsp3) is 0.333. The topological polar surface area (TPSA) is 36.4 Å². The standard InChI is InChI=1S/C18H21N3OS/c1-20(2)17-13-14(9-10-19-17)16-6-3-11-21(16)18(22)8-7-15-5-4-12-23-15/h4-5,7-10,12-13,16H,3,6,11H2,1-2H3/b8-7+. The normalized spacial score (nSPS) is 17.8. The van der Waals surface area contributed by atoms with E-state index in [0.717, 1.165) is 30.1 Å². The number of hydrogen-bond donors (Lipinski definition) is 0. The lowest BCUT2D eigenvalue weighted by Gasteiger charge is -2.24. The van der Waals surface area contributed by atoms with Gasteiger partial charge in [-0.2, -0.15) is 0 Å². The lowest BCUT2D eigenvalue weighted by molar-refractivity contribution is -0.126. The summed E-state index contributed by atoms with van der Waals surface area (Å²) in [7, 11) is 3.96. The van der Waals surface area contributed by atoms with Gasteiger partial charge in [-0.1, -0.05) is 6.07 Å². The highest BCUT2D eigenvalue weighted by atomic mass is 32.1. The Morgan fingerprint density at radius 3 is 3.04 bits per heavy atom. The molecule has 3 heterocycles. The van der Waals surface area contributed by atoms with E-state index in [2.05, 4.69) is 11.1 Å². The van der Waals surface area contributed by atoms with Crippen LogP contribution in [0.25, 0.3) is 6.08 Å². The summed E-state index contributed by atoms with van der Waals surface area (Å²) in [5.74, 6) is 1.01. The second-order valence-electron chi connectivity index (χ2n) is 5.88. The largest absolute Gasteiger partial charge is 0.363 e. The van der Waals surface area contributed by atoms with Crippen molar-refractivity contribution < 1.29 is 4.79 Å². The first-order chi connectivity index (χ1) is 11.1. The van der Waals surface area contributed by atoms with E-state index in [1.807, 2.05) is 59.7 Å². The van der Waals surface area contributed by atoms with Crippen molar-refractivity contribution in [2.45, 2.75) is 18.9 Å². The van der Waals surface area contributed by atoms with Crippen molar-refractivity contribution in [3.05, 3.63) is 52.4 Å². The van der Waals surface area contributed by atoms with Crippen LogP contribution in [0, 0.1) is 0 Å². The average molecular weight is 327 g/mol. The maximum atomic E-state index is 12.6. The van der Waals surface area contributed by atoms with Crippen molar-refractivity contribution in [3.8, 4) is 0 Å². The summed E-state index contributed by atoms with van der Waals surface area (Å²) in [5.41, 5.74) is 1.17. The van der Waals surface area contributed by atoms with Gasteiger partial charge in [-0.05, 0) is 48.1 Å². The maximum absolute atomic E-state index is 12.6. The minimum Gasteiger partial charge on any atom is -0.363 e. The third kappa shape index (κ3) is 3.62. The van der Waals surface area contributed by atoms with Gasteiger partial charge >= 0.3 is 0 Å². The molecule has 1 aliphatic rings. The van der Waals surface area contributed by atoms with Crippen LogP contribution in [-0.4, -0.2) is 36.4 Å². The monoisotopic (exact) mass is 327 g/mol. The van der Waals surface area contributed by atoms with Crippen LogP contribution in [-0.2, 0) is 4.79 Å². The quantitative estimate of drug-likeness (QED) is 0.805. The Bertz CT molecular complexity index is 694. The summed E-state index contributed by atoms with van der Waals surface area (Å²) in [5, 5.41) is 2.02. The van der Waals surface area contributed by atoms with Crippen molar-refractivity contribution in [1.29, 1.82) is 0 Å². The molecule has 0 bridgehead atoms. The number of thiophene rings is 1. The molecule has 0 spiro atoms. The molecule has 0 N–H and O–H groups in total. The van der Waals surface area contributed by atoms with Gasteiger partial charge in [-0.25, -0.2) is 4.98 Å². The van der Waals surface area contributed by atoms with Crippen LogP contribution in [0.4, 0.5) is 5.82 Å². The van der Waals surface area contributed by atoms with Gasteiger partial charge < -0.3 is 9.80 Å². The third-order valence-corrected chi connectivity index (χ3v) is 4.92. The predicted molar refractivity (Wildman–Crippen MR) is 95.6 cm³/mol. The number of rotatable bonds is 4. The van der Waals surface area contributed by atoms with Gasteiger partial charge in [-0.15, -0.1) is 11.3 Å². The molecule has 1 saturated heterocycles. The van der Waals surface area contributed by atoms with Crippen molar-refractivity contribution in [2.75, 3.05) is 25.5 Å². The number of anilines is 1. The summed E-state index contributed by atoms with van der Waals surface area (Å²) in [6, 6.07) is 8.26. The minimum atomic E-state index is 0.0871. The van der Waals surface area contributed by atoms with Crippen LogP contribution in [0.1, 0.15) is 29.3 Å². The Kier molecular flexibility index (Phi) is 4.76. The van der Waals surface area contributed by atoms with E-state index in [9.17, 15) is 4.79 Å². The first-order valence-electron chi connectivity index (χ1n) is 7.80. The molecule has 1 amide bonds. The van der Waals surface area contributed by atoms with Gasteiger partial charge in [0.2, 0.25) is 5.91 Å². The highest BCUT2D eigenvalue weighted by molar-refractivity contribution is 7.10. The molecule has 1 unspecified atom stereocenters. The zero-order valence-corrected chi connectivity index (χ0v) is 14.3. The molecule has 3 rings (SSSR count). The molecule has 120 valence electrons. The molecule has 4 nitrogen and oxygen atoms in total. The number of likely N-dealkylation sites (tertiary alicyclic amines) is 1. The number of carbonyl (C=O) groups is 1. The van der Waals surface area contributed by atoms with Gasteiger partial charge in [0.05, 0.1) is 6.04 Å². The number of carbonyl (C=O) groups excluding carboxylic acids is 1. The first-order valence-corrected chi connectivity index (χ1v) is 8.68. The summed E-state index contributed by atoms with van der Waals surface area (Å²) >= 11 is 1.64. The van der Waals surface area contributed by atoms with Crippen molar-refractivity contribution in [1.82, 2.24) is 9.88 Å². The van der Waals surface area contributed by atoms with E-state index in [1.165, 1.54) is 5.56 Å². The van der Waals surface area contributed by atoms with E-state index in [0.29, 0.717) is 0 Å². The molecule has 0 aliphatic carbocycles. The van der Waals surface area contributed by atoms with Crippen LogP contribution >= 0.6 is 11.3 Å². The van der Waals surface area contributed by atoms with Gasteiger partial charge in [0.1, 0.15) is 5.82 Å². The number of hydrogen-bond acceptors (Lipinski definition) is 4. The van der Waals surface area contributed by atoms with Crippen LogP contribution in [0.3, 0.4) is 0 Å². The average Bonchev–Trinajstić information content (AvgIpc) is 3.24. The predicted octanol–water partition coefficient (Wildman–Crippen LogP) is 3.59. The van der Waals surface area contributed by atoms with Crippen LogP contribution in [0.15, 0.2) is 41.9 Å². The molecule has 1 atom stereocenters. The number of amides is 1. The van der Waals surface area contributed by atoms with Crippen LogP contribution in [0.5, 0.6) is 0 Å². The molecule has 23 heavy (non-hydrogen) atoms. The molecule has 0 saturated carbocycles. The van der Waals surface area contributed by atoms with E-state index in [1.54, 1.807) is 17.4 Å². The summed E-state index contributed by atoms with van der Waals surface area (Å²) in [4.78, 5) is 22.0. The Morgan fingerprint density at radius 1 is 1.43 bits per heavy atom. The van der Waals surface area contributed by atoms with Gasteiger partial charge in [0, 0.05) is 37.8 Å². The zero-order chi connectivity index (χ0) is 16.2. The molecule has 2 aromatic heterocycles. The minimum absolute atomic E-state index is 0.0871. The summed E-state index contributed by atoms with van der Waals surface area (Å²) in [6.07, 6.45) is 7.48. The summed E-state index contributed by atoms with van der Waals surface area (Å²) < 4.78 is 0. The molecular formula is C18H21N3OS. The van der Waals surface area contributed by atoms with Crippen LogP contribution < -0.4 is 4.90 Å². The van der Waals surface area contributed by atoms with E-state index < -0.39 is 0 Å². The number of nitrogens with zero attached hydrogens (tertiary/aromatic N) is 3. The van der Waals surface area contributed by atoms with E-state index >= 15 is 0 Å². The van der Waals surface area contributed by atoms with Gasteiger partial charge in [-0.3, -0.25) is 4.79 Å². The smallest absolute Gasteiger partial charge is 0.247 e. The fourth-order valence-corrected chi connectivity index (χ4v) is 3.52. The summed E-state index contributed by atoms with van der Waals surface area (Å²) in [6.45, 7) is 0.817. The SMILES string of the molecule is CN(C)c1cc(C2CCCN2C(=O)/C=C/c2cccs2)ccn1. The molecule has 0 aromatic carbocycles. The first kappa shape index (κ1) is 15.7. The van der Waals surface area contributed by atoms with Crippen LogP contribution in [0.2, 0.25) is 0 Å². The maximum Gasteiger partial charge on any atom is 0.247 e.